The molecule has 0 atom stereocenters. The lowest BCUT2D eigenvalue weighted by Gasteiger charge is -2.34. The number of benzene rings is 10. The average molecular weight is 1670 g/mol. The Morgan fingerprint density at radius 3 is 0.992 bits per heavy atom. The number of ether oxygens (including phenoxy) is 4. The molecule has 5 aliphatic rings. The Bertz CT molecular complexity index is 5240. The highest BCUT2D eigenvalue weighted by Crippen LogP contribution is 2.59. The average Bonchev–Trinajstić information content (AvgIpc) is 1.57. The van der Waals surface area contributed by atoms with Crippen molar-refractivity contribution in [3.05, 3.63) is 418 Å². The Balaban J connectivity index is 0.000000153. The highest BCUT2D eigenvalue weighted by molar-refractivity contribution is 5.86. The molecule has 0 unspecified atom stereocenters. The lowest BCUT2D eigenvalue weighted by molar-refractivity contribution is -0.216. The van der Waals surface area contributed by atoms with Crippen LogP contribution in [0, 0.1) is 55.4 Å². The lowest BCUT2D eigenvalue weighted by atomic mass is 9.68. The van der Waals surface area contributed by atoms with Crippen molar-refractivity contribution in [2.24, 2.45) is 0 Å². The van der Waals surface area contributed by atoms with Gasteiger partial charge in [-0.3, -0.25) is 0 Å². The van der Waals surface area contributed by atoms with Crippen LogP contribution in [-0.2, 0) is 53.8 Å². The highest BCUT2D eigenvalue weighted by Gasteiger charge is 2.49. The van der Waals surface area contributed by atoms with Gasteiger partial charge in [0.15, 0.2) is 0 Å². The van der Waals surface area contributed by atoms with Gasteiger partial charge in [-0.2, -0.15) is 0 Å². The van der Waals surface area contributed by atoms with E-state index in [0.717, 1.165) is 121 Å². The van der Waals surface area contributed by atoms with Crippen LogP contribution in [0.3, 0.4) is 0 Å². The fraction of sp³-hybridized carbons (Fsp3) is 0.344. The van der Waals surface area contributed by atoms with E-state index in [4.69, 9.17) is 18.9 Å². The Morgan fingerprint density at radius 1 is 0.286 bits per heavy atom. The van der Waals surface area contributed by atoms with Crippen LogP contribution in [0.1, 0.15) is 247 Å². The van der Waals surface area contributed by atoms with Gasteiger partial charge in [-0.25, -0.2) is 0 Å². The molecule has 4 heteroatoms. The van der Waals surface area contributed by atoms with E-state index in [1.165, 1.54) is 203 Å². The van der Waals surface area contributed by atoms with E-state index >= 15 is 0 Å². The Hall–Kier alpha value is -10.6. The molecule has 0 saturated heterocycles. The van der Waals surface area contributed by atoms with E-state index in [-0.39, 0.29) is 16.2 Å². The molecule has 0 heterocycles. The third kappa shape index (κ3) is 22.2. The second kappa shape index (κ2) is 46.3. The van der Waals surface area contributed by atoms with Crippen LogP contribution < -0.4 is 0 Å². The highest BCUT2D eigenvalue weighted by atomic mass is 16.7. The van der Waals surface area contributed by atoms with Crippen LogP contribution >= 0.6 is 0 Å². The van der Waals surface area contributed by atoms with Gasteiger partial charge in [0.05, 0.1) is 13.2 Å². The summed E-state index contributed by atoms with van der Waals surface area (Å²) in [4.78, 5) is 0. The summed E-state index contributed by atoms with van der Waals surface area (Å²) in [5, 5.41) is 0. The number of fused-ring (bicyclic) bond motifs is 13. The normalized spacial score (nSPS) is 14.2. The third-order valence-electron chi connectivity index (χ3n) is 26.6. The second-order valence-corrected chi connectivity index (χ2v) is 36.0. The van der Waals surface area contributed by atoms with Gasteiger partial charge in [0, 0.05) is 53.8 Å². The SMILES string of the molecule is C=C/C=C/CCCC1(CCC/C=C/C=C)c2cc(C)ccc2-c2ccc(C)cc21.C=C/C=C/CCCOC1(OCCC/C=C/C=C)c2cc(C)ccc2-c2ccc(C)cc21.C=CCCCOCCC1(CCOCCCC=C)c2cc(C)ccc2-c2ccc(C)cc21.CCCCCCC1(c2cccc(-c3ccc4c(c3)CC4)c2)c2cc(C)ccc2-c2ccc(C)cc21. The van der Waals surface area contributed by atoms with Crippen molar-refractivity contribution in [2.75, 3.05) is 39.6 Å². The minimum absolute atomic E-state index is 0.0560. The molecule has 4 nitrogen and oxygen atoms in total. The van der Waals surface area contributed by atoms with Crippen LogP contribution in [-0.4, -0.2) is 39.6 Å². The summed E-state index contributed by atoms with van der Waals surface area (Å²) in [7, 11) is 0. The topological polar surface area (TPSA) is 36.9 Å². The van der Waals surface area contributed by atoms with Crippen LogP contribution in [0.15, 0.2) is 313 Å². The fourth-order valence-electron chi connectivity index (χ4n) is 20.1. The number of hydrogen-bond acceptors (Lipinski definition) is 4. The molecule has 0 bridgehead atoms. The zero-order valence-corrected chi connectivity index (χ0v) is 77.9. The first kappa shape index (κ1) is 94.6. The molecular weight excluding hydrogens is 1530 g/mol. The molecule has 0 radical (unpaired) electrons. The first-order chi connectivity index (χ1) is 61.5. The second-order valence-electron chi connectivity index (χ2n) is 36.0. The summed E-state index contributed by atoms with van der Waals surface area (Å²) in [6, 6.07) is 72.0. The number of unbranched alkanes of at least 4 members (excludes halogenated alkanes) is 9. The van der Waals surface area contributed by atoms with E-state index in [2.05, 4.69) is 326 Å². The molecule has 0 saturated carbocycles. The molecule has 0 aliphatic heterocycles. The molecule has 654 valence electrons. The van der Waals surface area contributed by atoms with Gasteiger partial charge in [-0.05, 0) is 301 Å². The molecule has 5 aliphatic carbocycles. The fourth-order valence-corrected chi connectivity index (χ4v) is 20.1. The maximum Gasteiger partial charge on any atom is 0.223 e. The standard InChI is InChI=1S/C35H36.C29H38O2.C29H34O2.C29H34/c1-4-5-6-7-19-35(30-10-8-9-27(23-30)29-16-14-26-13-15-28(26)22-29)33-20-24(2)11-17-31(33)32-18-12-25(3)21-34(32)35;1-5-7-9-17-30-19-15-29(16-20-31-18-10-8-6-2)27-21-23(3)11-13-25(27)26-14-12-24(4)22-28(26)29;1-5-7-9-11-13-19-30-29(31-20-14-12-10-8-6-2)27-21-23(3)15-17-25(27)26-18-16-24(4)22-28(26)29;1-5-7-9-11-13-19-29(20-14-12-10-8-6-2)27-21-23(3)15-17-25(27)26-18-16-24(4)22-28(26)29/h8-12,14,16-18,20-23H,4-7,13,15,19H2,1-3H3;5-6,11-14,21-22H,1-2,7-10,15-20H2,3-4H3;5-10,15-18,21-22H,1-2,11-14,19-20H2,3-4H3;5-10,15-18,21-22H,1-2,11-14,19-20H2,3-4H3/b;;2*9-7+,10-8+. The number of aryl methyl sites for hydroxylation is 10. The largest absolute Gasteiger partial charge is 0.381 e. The van der Waals surface area contributed by atoms with Gasteiger partial charge in [0.25, 0.3) is 0 Å². The van der Waals surface area contributed by atoms with Gasteiger partial charge < -0.3 is 18.9 Å². The molecule has 10 aromatic rings. The van der Waals surface area contributed by atoms with Crippen molar-refractivity contribution < 1.29 is 18.9 Å². The molecule has 10 aromatic carbocycles. The van der Waals surface area contributed by atoms with E-state index in [1.54, 1.807) is 23.3 Å². The van der Waals surface area contributed by atoms with Crippen LogP contribution in [0.5, 0.6) is 0 Å². The first-order valence-corrected chi connectivity index (χ1v) is 47.4. The predicted octanol–water partition coefficient (Wildman–Crippen LogP) is 32.6. The van der Waals surface area contributed by atoms with E-state index in [0.29, 0.717) is 13.2 Å². The van der Waals surface area contributed by atoms with E-state index in [1.807, 2.05) is 36.5 Å². The summed E-state index contributed by atoms with van der Waals surface area (Å²) in [6.07, 6.45) is 53.6. The van der Waals surface area contributed by atoms with Crippen LogP contribution in [0.4, 0.5) is 0 Å². The number of rotatable bonds is 43. The predicted molar refractivity (Wildman–Crippen MR) is 541 cm³/mol. The van der Waals surface area contributed by atoms with Gasteiger partial charge in [-0.1, -0.05) is 358 Å². The molecular formula is C122H142O4. The van der Waals surface area contributed by atoms with Crippen molar-refractivity contribution in [1.82, 2.24) is 0 Å². The van der Waals surface area contributed by atoms with Crippen molar-refractivity contribution in [3.8, 4) is 55.6 Å². The molecule has 0 N–H and O–H groups in total. The molecule has 0 aromatic heterocycles. The van der Waals surface area contributed by atoms with Gasteiger partial charge in [0.2, 0.25) is 5.79 Å². The van der Waals surface area contributed by atoms with E-state index in [9.17, 15) is 0 Å². The monoisotopic (exact) mass is 1670 g/mol. The van der Waals surface area contributed by atoms with Crippen LogP contribution in [0.25, 0.3) is 55.6 Å². The lowest BCUT2D eigenvalue weighted by Crippen LogP contribution is -2.33. The summed E-state index contributed by atoms with van der Waals surface area (Å²) in [6.45, 7) is 46.9. The maximum absolute atomic E-state index is 6.65. The van der Waals surface area contributed by atoms with Crippen molar-refractivity contribution in [1.29, 1.82) is 0 Å². The van der Waals surface area contributed by atoms with Crippen molar-refractivity contribution in [2.45, 2.75) is 232 Å². The zero-order chi connectivity index (χ0) is 88.9. The summed E-state index contributed by atoms with van der Waals surface area (Å²) >= 11 is 0. The van der Waals surface area contributed by atoms with E-state index < -0.39 is 5.79 Å². The van der Waals surface area contributed by atoms with Gasteiger partial charge >= 0.3 is 0 Å². The maximum atomic E-state index is 6.65. The van der Waals surface area contributed by atoms with Crippen molar-refractivity contribution in [3.63, 3.8) is 0 Å². The minimum Gasteiger partial charge on any atom is -0.381 e. The Morgan fingerprint density at radius 2 is 0.627 bits per heavy atom. The molecule has 0 amide bonds. The summed E-state index contributed by atoms with van der Waals surface area (Å²) in [5.41, 5.74) is 39.8. The van der Waals surface area contributed by atoms with Crippen LogP contribution in [0.2, 0.25) is 0 Å². The zero-order valence-electron chi connectivity index (χ0n) is 77.9. The smallest absolute Gasteiger partial charge is 0.223 e. The Labute approximate surface area is 759 Å². The number of hydrogen-bond donors (Lipinski definition) is 0. The third-order valence-corrected chi connectivity index (χ3v) is 26.6. The summed E-state index contributed by atoms with van der Waals surface area (Å²) in [5.74, 6) is -0.854. The first-order valence-electron chi connectivity index (χ1n) is 47.4. The van der Waals surface area contributed by atoms with Gasteiger partial charge in [-0.15, -0.1) is 13.2 Å². The molecule has 15 rings (SSSR count). The van der Waals surface area contributed by atoms with Crippen molar-refractivity contribution >= 4 is 0 Å². The molecule has 0 fully saturated rings. The van der Waals surface area contributed by atoms with Gasteiger partial charge in [0.1, 0.15) is 0 Å². The summed E-state index contributed by atoms with van der Waals surface area (Å²) < 4.78 is 25.4. The molecule has 126 heavy (non-hydrogen) atoms. The quantitative estimate of drug-likeness (QED) is 0.0165. The number of allylic oxidation sites excluding steroid dienone is 14. The molecule has 0 spiro atoms. The minimum atomic E-state index is -0.854. The Kier molecular flexibility index (Phi) is 34.7.